The Morgan fingerprint density at radius 3 is 1.43 bits per heavy atom. The first-order valence-corrected chi connectivity index (χ1v) is 16.4. The summed E-state index contributed by atoms with van der Waals surface area (Å²) in [4.78, 5) is 0. The Kier molecular flexibility index (Phi) is 7.79. The second-order valence-electron chi connectivity index (χ2n) is 9.76. The van der Waals surface area contributed by atoms with Gasteiger partial charge in [-0.1, -0.05) is 117 Å². The molecule has 0 saturated heterocycles. The molecule has 1 aliphatic carbocycles. The average Bonchev–Trinajstić information content (AvgIpc) is 2.94. The lowest BCUT2D eigenvalue weighted by molar-refractivity contribution is 0.261. The molecule has 0 aliphatic heterocycles. The largest absolute Gasteiger partial charge is 0.150 e. The van der Waals surface area contributed by atoms with E-state index in [2.05, 4.69) is 139 Å². The fraction of sp³-hybridized carbons (Fsp3) is 0.250. The Balaban J connectivity index is 1.80. The molecule has 0 N–H and O–H groups in total. The summed E-state index contributed by atoms with van der Waals surface area (Å²) >= 11 is 0. The Morgan fingerprint density at radius 1 is 0.600 bits per heavy atom. The summed E-state index contributed by atoms with van der Waals surface area (Å²) in [6.07, 6.45) is 5.26. The molecule has 0 heterocycles. The van der Waals surface area contributed by atoms with Crippen molar-refractivity contribution >= 4 is 36.7 Å². The molecule has 0 spiro atoms. The molecule has 2 unspecified atom stereocenters. The fourth-order valence-corrected chi connectivity index (χ4v) is 13.8. The van der Waals surface area contributed by atoms with Crippen LogP contribution in [0.4, 0.5) is 0 Å². The van der Waals surface area contributed by atoms with E-state index < -0.39 is 15.5 Å². The third-order valence-corrected chi connectivity index (χ3v) is 15.1. The maximum Gasteiger partial charge on any atom is 0.150 e. The van der Waals surface area contributed by atoms with E-state index in [1.54, 1.807) is 0 Å². The highest BCUT2D eigenvalue weighted by Crippen LogP contribution is 2.68. The van der Waals surface area contributed by atoms with Crippen LogP contribution in [0.3, 0.4) is 0 Å². The van der Waals surface area contributed by atoms with Crippen molar-refractivity contribution < 1.29 is 0 Å². The maximum atomic E-state index is 3.06. The van der Waals surface area contributed by atoms with Gasteiger partial charge in [-0.2, -0.15) is 0 Å². The van der Waals surface area contributed by atoms with Crippen LogP contribution in [0.5, 0.6) is 0 Å². The number of nitrogens with zero attached hydrogens (tertiary/aromatic N) is 1. The first-order chi connectivity index (χ1) is 17.2. The Morgan fingerprint density at radius 2 is 1.00 bits per heavy atom. The highest BCUT2D eigenvalue weighted by molar-refractivity contribution is 7.94. The number of benzene rings is 4. The highest BCUT2D eigenvalue weighted by atomic mass is 31.2. The quantitative estimate of drug-likeness (QED) is 0.246. The van der Waals surface area contributed by atoms with Gasteiger partial charge in [0.25, 0.3) is 0 Å². The van der Waals surface area contributed by atoms with E-state index in [1.807, 2.05) is 0 Å². The van der Waals surface area contributed by atoms with E-state index in [9.17, 15) is 0 Å². The molecule has 1 nitrogen and oxygen atoms in total. The molecule has 1 fully saturated rings. The van der Waals surface area contributed by atoms with Gasteiger partial charge in [0.15, 0.2) is 0 Å². The molecule has 2 atom stereocenters. The summed E-state index contributed by atoms with van der Waals surface area (Å²) in [6.45, 7) is 5.08. The summed E-state index contributed by atoms with van der Waals surface area (Å²) in [6, 6.07) is 45.9. The van der Waals surface area contributed by atoms with Gasteiger partial charge in [0.1, 0.15) is 18.0 Å². The van der Waals surface area contributed by atoms with Gasteiger partial charge >= 0.3 is 0 Å². The van der Waals surface area contributed by atoms with Gasteiger partial charge < -0.3 is 0 Å². The fourth-order valence-electron chi connectivity index (χ4n) is 5.61. The van der Waals surface area contributed by atoms with Crippen LogP contribution in [0, 0.1) is 5.92 Å². The monoisotopic (exact) mass is 496 g/mol. The topological polar surface area (TPSA) is 3.24 Å². The normalized spacial score (nSPS) is 18.6. The van der Waals surface area contributed by atoms with E-state index in [-0.39, 0.29) is 0 Å². The van der Waals surface area contributed by atoms with Crippen molar-refractivity contribution in [2.45, 2.75) is 38.6 Å². The van der Waals surface area contributed by atoms with E-state index in [1.165, 1.54) is 46.9 Å². The van der Waals surface area contributed by atoms with Gasteiger partial charge in [0, 0.05) is 0 Å². The van der Waals surface area contributed by atoms with Gasteiger partial charge in [-0.15, -0.1) is 4.44 Å². The highest BCUT2D eigenvalue weighted by Gasteiger charge is 2.53. The molecule has 0 aromatic heterocycles. The third-order valence-electron chi connectivity index (χ3n) is 7.50. The van der Waals surface area contributed by atoms with E-state index in [0.717, 1.165) is 0 Å². The van der Waals surface area contributed by atoms with Gasteiger partial charge in [-0.3, -0.25) is 0 Å². The molecule has 35 heavy (non-hydrogen) atoms. The van der Waals surface area contributed by atoms with E-state index in [4.69, 9.17) is 0 Å². The smallest absolute Gasteiger partial charge is 0.139 e. The zero-order valence-corrected chi connectivity index (χ0v) is 22.7. The molecule has 0 bridgehead atoms. The lowest BCUT2D eigenvalue weighted by atomic mass is 9.87. The van der Waals surface area contributed by atoms with Crippen molar-refractivity contribution in [2.75, 3.05) is 6.66 Å². The Labute approximate surface area is 213 Å². The molecule has 3 heteroatoms. The van der Waals surface area contributed by atoms with Crippen molar-refractivity contribution in [3.63, 3.8) is 0 Å². The number of rotatable bonds is 7. The first kappa shape index (κ1) is 24.4. The summed E-state index contributed by atoms with van der Waals surface area (Å²) in [5.74, 6) is 0.674. The Hall–Kier alpha value is -2.30. The number of hydrogen-bond acceptors (Lipinski definition) is 1. The second kappa shape index (κ2) is 11.2. The predicted octanol–water partition coefficient (Wildman–Crippen LogP) is 7.13. The summed E-state index contributed by atoms with van der Waals surface area (Å²) in [7, 11) is -2.63. The summed E-state index contributed by atoms with van der Waals surface area (Å²) < 4.78 is 3.06. The van der Waals surface area contributed by atoms with Crippen LogP contribution >= 0.6 is 15.5 Å². The van der Waals surface area contributed by atoms with Crippen molar-refractivity contribution in [3.05, 3.63) is 121 Å². The standard InChI is InChI=1S/C32H36NP2/c1-27-17-15-16-26-32(27)33(34(28-18-7-3-8-19-28)29-20-9-4-10-21-29)35(2,30-22-11-5-12-23-30)31-24-13-6-14-25-31/h3-14,18-25,27,32H,15-17,26H2,1-2H3/q+1. The average molecular weight is 497 g/mol. The van der Waals surface area contributed by atoms with Crippen LogP contribution in [0.1, 0.15) is 32.6 Å². The zero-order valence-electron chi connectivity index (χ0n) is 20.9. The van der Waals surface area contributed by atoms with Crippen LogP contribution in [0.25, 0.3) is 0 Å². The van der Waals surface area contributed by atoms with Crippen LogP contribution in [-0.4, -0.2) is 17.1 Å². The molecule has 5 rings (SSSR count). The van der Waals surface area contributed by atoms with Gasteiger partial charge in [0.2, 0.25) is 0 Å². The van der Waals surface area contributed by atoms with Gasteiger partial charge in [0.05, 0.1) is 20.8 Å². The maximum absolute atomic E-state index is 3.06. The minimum absolute atomic E-state index is 0.550. The van der Waals surface area contributed by atoms with E-state index >= 15 is 0 Å². The summed E-state index contributed by atoms with van der Waals surface area (Å²) in [5, 5.41) is 5.85. The molecule has 0 radical (unpaired) electrons. The van der Waals surface area contributed by atoms with Crippen molar-refractivity contribution in [1.29, 1.82) is 0 Å². The van der Waals surface area contributed by atoms with E-state index in [0.29, 0.717) is 12.0 Å². The van der Waals surface area contributed by atoms with Crippen LogP contribution < -0.4 is 21.2 Å². The molecule has 1 aliphatic rings. The first-order valence-electron chi connectivity index (χ1n) is 12.9. The SMILES string of the molecule is CC1CCCCC1N(P(c1ccccc1)c1ccccc1)[P+](C)(c1ccccc1)c1ccccc1. The molecule has 178 valence electrons. The molecule has 1 saturated carbocycles. The summed E-state index contributed by atoms with van der Waals surface area (Å²) in [5.41, 5.74) is 0. The zero-order chi connectivity index (χ0) is 24.1. The minimum Gasteiger partial charge on any atom is -0.139 e. The predicted molar refractivity (Wildman–Crippen MR) is 157 cm³/mol. The van der Waals surface area contributed by atoms with Crippen LogP contribution in [0.2, 0.25) is 0 Å². The van der Waals surface area contributed by atoms with Crippen molar-refractivity contribution in [2.24, 2.45) is 5.92 Å². The molecule has 4 aromatic carbocycles. The lowest BCUT2D eigenvalue weighted by Crippen LogP contribution is -2.46. The second-order valence-corrected chi connectivity index (χ2v) is 15.5. The van der Waals surface area contributed by atoms with Gasteiger partial charge in [-0.25, -0.2) is 0 Å². The van der Waals surface area contributed by atoms with Crippen molar-refractivity contribution in [1.82, 2.24) is 4.44 Å². The van der Waals surface area contributed by atoms with Gasteiger partial charge in [-0.05, 0) is 53.6 Å². The molecular formula is C32H36NP2+. The van der Waals surface area contributed by atoms with Crippen molar-refractivity contribution in [3.8, 4) is 0 Å². The molecular weight excluding hydrogens is 460 g/mol. The lowest BCUT2D eigenvalue weighted by Gasteiger charge is -2.47. The molecule has 0 amide bonds. The number of hydrogen-bond donors (Lipinski definition) is 0. The molecule has 4 aromatic rings. The Bertz CT molecular complexity index is 1100. The van der Waals surface area contributed by atoms with Crippen LogP contribution in [0.15, 0.2) is 121 Å². The minimum atomic E-state index is -1.91. The third kappa shape index (κ3) is 5.01. The van der Waals surface area contributed by atoms with Crippen LogP contribution in [-0.2, 0) is 0 Å².